The second kappa shape index (κ2) is 8.71. The van der Waals surface area contributed by atoms with Crippen molar-refractivity contribution >= 4 is 33.2 Å². The van der Waals surface area contributed by atoms with Gasteiger partial charge in [-0.2, -0.15) is 4.31 Å². The Morgan fingerprint density at radius 3 is 2.55 bits per heavy atom. The maximum Gasteiger partial charge on any atom is 0.265 e. The van der Waals surface area contributed by atoms with E-state index in [1.54, 1.807) is 19.9 Å². The largest absolute Gasteiger partial charge is 0.479 e. The molecule has 33 heavy (non-hydrogen) atoms. The number of nitrogens with one attached hydrogen (secondary N) is 2. The number of hydrogen-bond acceptors (Lipinski definition) is 5. The summed E-state index contributed by atoms with van der Waals surface area (Å²) in [6.07, 6.45) is -0.237. The van der Waals surface area contributed by atoms with Crippen LogP contribution in [0.15, 0.2) is 35.2 Å². The van der Waals surface area contributed by atoms with Crippen molar-refractivity contribution in [1.82, 2.24) is 4.31 Å². The van der Waals surface area contributed by atoms with E-state index in [9.17, 15) is 26.8 Å². The minimum Gasteiger partial charge on any atom is -0.479 e. The average molecular weight is 480 g/mol. The van der Waals surface area contributed by atoms with Crippen molar-refractivity contribution in [2.24, 2.45) is 5.92 Å². The number of nitrogens with zero attached hydrogens (tertiary/aromatic N) is 1. The van der Waals surface area contributed by atoms with E-state index in [4.69, 9.17) is 4.74 Å². The zero-order chi connectivity index (χ0) is 23.9. The van der Waals surface area contributed by atoms with Gasteiger partial charge >= 0.3 is 0 Å². The molecule has 4 rings (SSSR count). The van der Waals surface area contributed by atoms with Gasteiger partial charge in [-0.05, 0) is 50.5 Å². The Balaban J connectivity index is 1.45. The lowest BCUT2D eigenvalue weighted by Crippen LogP contribution is -2.41. The molecule has 2 aromatic rings. The number of anilines is 2. The first kappa shape index (κ1) is 23.1. The van der Waals surface area contributed by atoms with Crippen molar-refractivity contribution in [2.45, 2.75) is 37.7 Å². The molecule has 1 fully saturated rings. The molecular weight excluding hydrogens is 456 g/mol. The lowest BCUT2D eigenvalue weighted by Gasteiger charge is -2.31. The maximum atomic E-state index is 13.8. The molecule has 176 valence electrons. The minimum atomic E-state index is -3.87. The molecule has 2 aliphatic heterocycles. The van der Waals surface area contributed by atoms with Crippen molar-refractivity contribution < 1.29 is 31.5 Å². The summed E-state index contributed by atoms with van der Waals surface area (Å²) < 4.78 is 60.3. The Hall–Kier alpha value is -3.05. The number of benzene rings is 2. The molecule has 1 unspecified atom stereocenters. The van der Waals surface area contributed by atoms with Gasteiger partial charge in [0.2, 0.25) is 15.9 Å². The normalized spacial score (nSPS) is 19.4. The van der Waals surface area contributed by atoms with Gasteiger partial charge < -0.3 is 15.4 Å². The number of carbonyl (C=O) groups is 2. The van der Waals surface area contributed by atoms with Crippen molar-refractivity contribution in [2.75, 3.05) is 23.7 Å². The van der Waals surface area contributed by atoms with Gasteiger partial charge in [0.05, 0.1) is 16.3 Å². The summed E-state index contributed by atoms with van der Waals surface area (Å²) in [6.45, 7) is 3.42. The van der Waals surface area contributed by atoms with Crippen LogP contribution < -0.4 is 15.4 Å². The van der Waals surface area contributed by atoms with E-state index in [-0.39, 0.29) is 48.2 Å². The highest BCUT2D eigenvalue weighted by Crippen LogP contribution is 2.36. The fourth-order valence-corrected chi connectivity index (χ4v) is 5.64. The highest BCUT2D eigenvalue weighted by atomic mass is 32.2. The smallest absolute Gasteiger partial charge is 0.265 e. The SMILES string of the molecule is Cc1cc2c(cc1S(=O)(=O)N1CCC(C(=O)Nc3ccc(F)cc3F)CC1)OC(C)C(=O)N2. The lowest BCUT2D eigenvalue weighted by molar-refractivity contribution is -0.123. The topological polar surface area (TPSA) is 105 Å². The van der Waals surface area contributed by atoms with Crippen LogP contribution in [0.25, 0.3) is 0 Å². The molecule has 2 aromatic carbocycles. The third kappa shape index (κ3) is 4.55. The predicted molar refractivity (Wildman–Crippen MR) is 116 cm³/mol. The molecule has 2 aliphatic rings. The fraction of sp³-hybridized carbons (Fsp3) is 0.364. The number of sulfonamides is 1. The van der Waals surface area contributed by atoms with Crippen LogP contribution in [0.3, 0.4) is 0 Å². The third-order valence-electron chi connectivity index (χ3n) is 5.84. The second-order valence-electron chi connectivity index (χ2n) is 8.15. The molecule has 0 saturated carbocycles. The first-order chi connectivity index (χ1) is 15.6. The zero-order valence-corrected chi connectivity index (χ0v) is 18.8. The van der Waals surface area contributed by atoms with E-state index in [0.717, 1.165) is 12.1 Å². The molecule has 2 N–H and O–H groups in total. The van der Waals surface area contributed by atoms with Crippen molar-refractivity contribution in [1.29, 1.82) is 0 Å². The number of aryl methyl sites for hydroxylation is 1. The van der Waals surface area contributed by atoms with Crippen LogP contribution in [0.1, 0.15) is 25.3 Å². The number of ether oxygens (including phenoxy) is 1. The molecule has 2 heterocycles. The molecule has 1 saturated heterocycles. The van der Waals surface area contributed by atoms with E-state index < -0.39 is 39.6 Å². The zero-order valence-electron chi connectivity index (χ0n) is 18.0. The molecule has 8 nitrogen and oxygen atoms in total. The monoisotopic (exact) mass is 479 g/mol. The number of carbonyl (C=O) groups excluding carboxylic acids is 2. The number of rotatable bonds is 4. The number of piperidine rings is 1. The molecule has 11 heteroatoms. The van der Waals surface area contributed by atoms with Gasteiger partial charge in [-0.3, -0.25) is 9.59 Å². The Morgan fingerprint density at radius 2 is 1.88 bits per heavy atom. The summed E-state index contributed by atoms with van der Waals surface area (Å²) in [7, 11) is -3.87. The summed E-state index contributed by atoms with van der Waals surface area (Å²) in [5, 5.41) is 5.13. The summed E-state index contributed by atoms with van der Waals surface area (Å²) >= 11 is 0. The molecule has 0 bridgehead atoms. The van der Waals surface area contributed by atoms with Crippen LogP contribution in [-0.4, -0.2) is 43.7 Å². The molecule has 0 spiro atoms. The van der Waals surface area contributed by atoms with Gasteiger partial charge in [0.25, 0.3) is 5.91 Å². The van der Waals surface area contributed by atoms with Gasteiger partial charge in [-0.15, -0.1) is 0 Å². The second-order valence-corrected chi connectivity index (χ2v) is 10.1. The summed E-state index contributed by atoms with van der Waals surface area (Å²) in [4.78, 5) is 24.4. The van der Waals surface area contributed by atoms with E-state index >= 15 is 0 Å². The van der Waals surface area contributed by atoms with E-state index in [1.807, 2.05) is 0 Å². The maximum absolute atomic E-state index is 13.8. The highest BCUT2D eigenvalue weighted by molar-refractivity contribution is 7.89. The van der Waals surface area contributed by atoms with Gasteiger partial charge in [-0.1, -0.05) is 0 Å². The molecule has 1 atom stereocenters. The van der Waals surface area contributed by atoms with E-state index in [2.05, 4.69) is 10.6 Å². The predicted octanol–water partition coefficient (Wildman–Crippen LogP) is 3.03. The van der Waals surface area contributed by atoms with Gasteiger partial charge in [0.1, 0.15) is 17.4 Å². The Morgan fingerprint density at radius 1 is 1.18 bits per heavy atom. The van der Waals surface area contributed by atoms with Crippen LogP contribution in [-0.2, 0) is 19.6 Å². The quantitative estimate of drug-likeness (QED) is 0.702. The van der Waals surface area contributed by atoms with Gasteiger partial charge in [0, 0.05) is 31.1 Å². The number of halogens is 2. The number of fused-ring (bicyclic) bond motifs is 1. The highest BCUT2D eigenvalue weighted by Gasteiger charge is 2.34. The third-order valence-corrected chi connectivity index (χ3v) is 7.88. The van der Waals surface area contributed by atoms with Crippen molar-refractivity contribution in [3.05, 3.63) is 47.5 Å². The van der Waals surface area contributed by atoms with Crippen LogP contribution in [0, 0.1) is 24.5 Å². The Kier molecular flexibility index (Phi) is 6.10. The first-order valence-corrected chi connectivity index (χ1v) is 11.9. The first-order valence-electron chi connectivity index (χ1n) is 10.4. The minimum absolute atomic E-state index is 0.0703. The Labute approximate surface area is 190 Å². The van der Waals surface area contributed by atoms with Crippen LogP contribution >= 0.6 is 0 Å². The number of hydrogen-bond donors (Lipinski definition) is 2. The average Bonchev–Trinajstić information content (AvgIpc) is 2.76. The molecule has 0 aromatic heterocycles. The molecule has 0 radical (unpaired) electrons. The van der Waals surface area contributed by atoms with Crippen LogP contribution in [0.5, 0.6) is 5.75 Å². The van der Waals surface area contributed by atoms with Crippen molar-refractivity contribution in [3.8, 4) is 5.75 Å². The standard InChI is InChI=1S/C22H23F2N3O5S/c1-12-9-18-19(32-13(2)21(28)26-18)11-20(12)33(30,31)27-7-5-14(6-8-27)22(29)25-17-4-3-15(23)10-16(17)24/h3-4,9-11,13-14H,5-8H2,1-2H3,(H,25,29)(H,26,28). The number of amides is 2. The van der Waals surface area contributed by atoms with Crippen LogP contribution in [0.2, 0.25) is 0 Å². The molecule has 0 aliphatic carbocycles. The molecular formula is C22H23F2N3O5S. The van der Waals surface area contributed by atoms with Gasteiger partial charge in [-0.25, -0.2) is 17.2 Å². The summed E-state index contributed by atoms with van der Waals surface area (Å²) in [5.41, 5.74) is 0.749. The fourth-order valence-electron chi connectivity index (χ4n) is 3.94. The van der Waals surface area contributed by atoms with Crippen molar-refractivity contribution in [3.63, 3.8) is 0 Å². The lowest BCUT2D eigenvalue weighted by atomic mass is 9.97. The molecule has 2 amide bonds. The Bertz CT molecular complexity index is 1230. The van der Waals surface area contributed by atoms with E-state index in [1.165, 1.54) is 10.4 Å². The van der Waals surface area contributed by atoms with Crippen LogP contribution in [0.4, 0.5) is 20.2 Å². The summed E-state index contributed by atoms with van der Waals surface area (Å²) in [5.74, 6) is -2.60. The van der Waals surface area contributed by atoms with Gasteiger partial charge in [0.15, 0.2) is 6.10 Å². The summed E-state index contributed by atoms with van der Waals surface area (Å²) in [6, 6.07) is 5.84. The van der Waals surface area contributed by atoms with E-state index in [0.29, 0.717) is 17.3 Å².